The summed E-state index contributed by atoms with van der Waals surface area (Å²) in [6, 6.07) is 0. The summed E-state index contributed by atoms with van der Waals surface area (Å²) in [5, 5.41) is 0. The second kappa shape index (κ2) is 5.68. The molecule has 0 aromatic rings. The molecule has 1 aliphatic heterocycles. The van der Waals surface area contributed by atoms with Gasteiger partial charge >= 0.3 is 0 Å². The van der Waals surface area contributed by atoms with Crippen LogP contribution in [0.4, 0.5) is 0 Å². The lowest BCUT2D eigenvalue weighted by Gasteiger charge is -2.27. The first kappa shape index (κ1) is 10.2. The summed E-state index contributed by atoms with van der Waals surface area (Å²) in [5.41, 5.74) is 0. The lowest BCUT2D eigenvalue weighted by molar-refractivity contribution is 0.237. The average molecular weight is 180 g/mol. The molecule has 3 nitrogen and oxygen atoms in total. The fraction of sp³-hybridized carbons (Fsp3) is 0.700. The van der Waals surface area contributed by atoms with Crippen molar-refractivity contribution >= 4 is 6.08 Å². The largest absolute Gasteiger partial charge is 0.306 e. The van der Waals surface area contributed by atoms with Gasteiger partial charge in [0, 0.05) is 6.54 Å². The molecule has 0 aromatic carbocycles. The minimum atomic E-state index is 0.476. The molecule has 1 aliphatic rings. The maximum Gasteiger partial charge on any atom is 0.235 e. The van der Waals surface area contributed by atoms with Crippen LogP contribution in [-0.4, -0.2) is 37.7 Å². The van der Waals surface area contributed by atoms with Crippen LogP contribution in [0.15, 0.2) is 17.1 Å². The van der Waals surface area contributed by atoms with Crippen molar-refractivity contribution in [3.8, 4) is 0 Å². The van der Waals surface area contributed by atoms with Crippen LogP contribution in [0.5, 0.6) is 0 Å². The molecule has 1 unspecified atom stereocenters. The lowest BCUT2D eigenvalue weighted by atomic mass is 9.98. The van der Waals surface area contributed by atoms with Gasteiger partial charge < -0.3 is 4.90 Å². The summed E-state index contributed by atoms with van der Waals surface area (Å²) in [6.07, 6.45) is 8.17. The van der Waals surface area contributed by atoms with Gasteiger partial charge in [-0.15, -0.1) is 0 Å². The number of piperidine rings is 1. The Morgan fingerprint density at radius 1 is 1.69 bits per heavy atom. The minimum Gasteiger partial charge on any atom is -0.306 e. The van der Waals surface area contributed by atoms with Crippen molar-refractivity contribution in [2.45, 2.75) is 12.8 Å². The Hall–Kier alpha value is -0.920. The van der Waals surface area contributed by atoms with E-state index in [0.717, 1.165) is 6.54 Å². The lowest BCUT2D eigenvalue weighted by Crippen LogP contribution is -2.31. The highest BCUT2D eigenvalue weighted by Crippen LogP contribution is 2.15. The van der Waals surface area contributed by atoms with Crippen LogP contribution in [-0.2, 0) is 4.79 Å². The summed E-state index contributed by atoms with van der Waals surface area (Å²) in [4.78, 5) is 15.6. The van der Waals surface area contributed by atoms with E-state index in [1.165, 1.54) is 25.5 Å². The molecule has 0 bridgehead atoms. The van der Waals surface area contributed by atoms with Crippen LogP contribution in [0.25, 0.3) is 0 Å². The van der Waals surface area contributed by atoms with E-state index in [-0.39, 0.29) is 0 Å². The van der Waals surface area contributed by atoms with Crippen LogP contribution in [0.1, 0.15) is 12.8 Å². The Labute approximate surface area is 79.1 Å². The number of carbonyl (C=O) groups excluding carboxylic acids is 1. The van der Waals surface area contributed by atoms with Gasteiger partial charge in [0.05, 0.1) is 6.54 Å². The number of isocyanates is 1. The SMILES string of the molecule is CN1CCCC(/C=C\CN=C=O)C1. The highest BCUT2D eigenvalue weighted by atomic mass is 16.1. The van der Waals surface area contributed by atoms with Crippen LogP contribution in [0.2, 0.25) is 0 Å². The summed E-state index contributed by atoms with van der Waals surface area (Å²) >= 11 is 0. The Morgan fingerprint density at radius 3 is 3.23 bits per heavy atom. The van der Waals surface area contributed by atoms with Crippen LogP contribution in [0, 0.1) is 5.92 Å². The first-order chi connectivity index (χ1) is 6.33. The standard InChI is InChI=1S/C10H16N2O/c1-12-7-3-5-10(8-12)4-2-6-11-9-13/h2,4,10H,3,5-8H2,1H3/b4-2-. The first-order valence-corrected chi connectivity index (χ1v) is 4.72. The number of aliphatic imine (C=N–C) groups is 1. The third kappa shape index (κ3) is 4.02. The van der Waals surface area contributed by atoms with E-state index in [0.29, 0.717) is 12.5 Å². The van der Waals surface area contributed by atoms with E-state index in [9.17, 15) is 4.79 Å². The van der Waals surface area contributed by atoms with E-state index in [4.69, 9.17) is 0 Å². The molecule has 1 atom stereocenters. The Bertz CT molecular complexity index is 219. The van der Waals surface area contributed by atoms with Gasteiger partial charge in [-0.05, 0) is 32.4 Å². The molecule has 72 valence electrons. The third-order valence-electron chi connectivity index (χ3n) is 2.33. The predicted octanol–water partition coefficient (Wildman–Crippen LogP) is 1.22. The van der Waals surface area contributed by atoms with Crippen LogP contribution in [0.3, 0.4) is 0 Å². The molecule has 1 fully saturated rings. The highest BCUT2D eigenvalue weighted by molar-refractivity contribution is 5.33. The monoisotopic (exact) mass is 180 g/mol. The van der Waals surface area contributed by atoms with Crippen molar-refractivity contribution in [1.29, 1.82) is 0 Å². The van der Waals surface area contributed by atoms with Crippen molar-refractivity contribution in [2.24, 2.45) is 10.9 Å². The molecule has 13 heavy (non-hydrogen) atoms. The maximum absolute atomic E-state index is 9.77. The maximum atomic E-state index is 9.77. The van der Waals surface area contributed by atoms with Crippen molar-refractivity contribution in [3.63, 3.8) is 0 Å². The number of hydrogen-bond acceptors (Lipinski definition) is 3. The van der Waals surface area contributed by atoms with Gasteiger partial charge in [-0.3, -0.25) is 0 Å². The van der Waals surface area contributed by atoms with Gasteiger partial charge in [-0.2, -0.15) is 0 Å². The normalized spacial score (nSPS) is 24.5. The zero-order valence-corrected chi connectivity index (χ0v) is 8.07. The molecule has 3 heteroatoms. The van der Waals surface area contributed by atoms with Gasteiger partial charge in [0.2, 0.25) is 6.08 Å². The van der Waals surface area contributed by atoms with Crippen molar-refractivity contribution in [2.75, 3.05) is 26.7 Å². The topological polar surface area (TPSA) is 32.7 Å². The van der Waals surface area contributed by atoms with E-state index in [2.05, 4.69) is 23.0 Å². The van der Waals surface area contributed by atoms with E-state index < -0.39 is 0 Å². The summed E-state index contributed by atoms with van der Waals surface area (Å²) in [7, 11) is 2.14. The smallest absolute Gasteiger partial charge is 0.235 e. The van der Waals surface area contributed by atoms with Gasteiger partial charge in [-0.1, -0.05) is 12.2 Å². The molecule has 0 N–H and O–H groups in total. The third-order valence-corrected chi connectivity index (χ3v) is 2.33. The van der Waals surface area contributed by atoms with Gasteiger partial charge in [0.15, 0.2) is 0 Å². The summed E-state index contributed by atoms with van der Waals surface area (Å²) in [5.74, 6) is 0.639. The Morgan fingerprint density at radius 2 is 2.54 bits per heavy atom. The zero-order chi connectivity index (χ0) is 9.52. The van der Waals surface area contributed by atoms with Crippen molar-refractivity contribution in [1.82, 2.24) is 4.90 Å². The molecule has 0 spiro atoms. The Kier molecular flexibility index (Phi) is 4.44. The fourth-order valence-corrected chi connectivity index (χ4v) is 1.71. The summed E-state index contributed by atoms with van der Waals surface area (Å²) < 4.78 is 0. The molecule has 0 amide bonds. The average Bonchev–Trinajstić information content (AvgIpc) is 2.13. The molecule has 0 aromatic heterocycles. The van der Waals surface area contributed by atoms with Crippen molar-refractivity contribution < 1.29 is 4.79 Å². The number of rotatable bonds is 3. The summed E-state index contributed by atoms with van der Waals surface area (Å²) in [6.45, 7) is 2.81. The quantitative estimate of drug-likeness (QED) is 0.371. The predicted molar refractivity (Wildman–Crippen MR) is 52.3 cm³/mol. The molecular weight excluding hydrogens is 164 g/mol. The molecule has 0 saturated carbocycles. The minimum absolute atomic E-state index is 0.476. The van der Waals surface area contributed by atoms with Crippen LogP contribution < -0.4 is 0 Å². The second-order valence-corrected chi connectivity index (χ2v) is 3.52. The number of nitrogens with zero attached hydrogens (tertiary/aromatic N) is 2. The molecule has 1 saturated heterocycles. The van der Waals surface area contributed by atoms with E-state index in [1.807, 2.05) is 6.08 Å². The molecular formula is C10H16N2O. The van der Waals surface area contributed by atoms with E-state index >= 15 is 0 Å². The first-order valence-electron chi connectivity index (χ1n) is 4.72. The fourth-order valence-electron chi connectivity index (χ4n) is 1.71. The van der Waals surface area contributed by atoms with Gasteiger partial charge in [0.25, 0.3) is 0 Å². The molecule has 0 aliphatic carbocycles. The van der Waals surface area contributed by atoms with Crippen molar-refractivity contribution in [3.05, 3.63) is 12.2 Å². The Balaban J connectivity index is 2.26. The zero-order valence-electron chi connectivity index (χ0n) is 8.07. The molecule has 0 radical (unpaired) electrons. The molecule has 1 rings (SSSR count). The highest BCUT2D eigenvalue weighted by Gasteiger charge is 2.13. The molecule has 1 heterocycles. The van der Waals surface area contributed by atoms with Gasteiger partial charge in [-0.25, -0.2) is 9.79 Å². The van der Waals surface area contributed by atoms with Gasteiger partial charge in [0.1, 0.15) is 0 Å². The number of hydrogen-bond donors (Lipinski definition) is 0. The van der Waals surface area contributed by atoms with E-state index in [1.54, 1.807) is 0 Å². The second-order valence-electron chi connectivity index (χ2n) is 3.52. The van der Waals surface area contributed by atoms with Crippen LogP contribution >= 0.6 is 0 Å². The number of likely N-dealkylation sites (tertiary alicyclic amines) is 1.